The Balaban J connectivity index is 0.998. The smallest absolute Gasteiger partial charge is 0.407 e. The number of aromatic amines is 2. The van der Waals surface area contributed by atoms with Crippen LogP contribution in [0.25, 0.3) is 55.0 Å². The van der Waals surface area contributed by atoms with Crippen molar-refractivity contribution in [3.05, 3.63) is 84.6 Å². The fourth-order valence-electron chi connectivity index (χ4n) is 8.80. The van der Waals surface area contributed by atoms with Gasteiger partial charge in [-0.1, -0.05) is 70.2 Å². The van der Waals surface area contributed by atoms with Gasteiger partial charge in [0.05, 0.1) is 49.2 Å². The number of imidazole rings is 2. The van der Waals surface area contributed by atoms with E-state index < -0.39 is 24.3 Å². The van der Waals surface area contributed by atoms with Gasteiger partial charge in [0.15, 0.2) is 0 Å². The van der Waals surface area contributed by atoms with E-state index in [0.717, 1.165) is 92.3 Å². The third kappa shape index (κ3) is 7.73. The van der Waals surface area contributed by atoms with Gasteiger partial charge < -0.3 is 39.9 Å². The number of methoxy groups -OCH3 is 2. The van der Waals surface area contributed by atoms with Crippen LogP contribution in [-0.2, 0) is 19.1 Å². The van der Waals surface area contributed by atoms with Gasteiger partial charge in [-0.05, 0) is 89.1 Å². The maximum Gasteiger partial charge on any atom is 0.407 e. The minimum absolute atomic E-state index is 0.107. The van der Waals surface area contributed by atoms with Gasteiger partial charge >= 0.3 is 12.2 Å². The molecule has 8 rings (SSSR count). The number of hydrogen-bond donors (Lipinski definition) is 4. The first kappa shape index (κ1) is 40.3. The van der Waals surface area contributed by atoms with E-state index in [4.69, 9.17) is 19.4 Å². The number of benzene rings is 4. The first-order chi connectivity index (χ1) is 28.9. The van der Waals surface area contributed by atoms with Crippen molar-refractivity contribution in [2.75, 3.05) is 27.3 Å². The van der Waals surface area contributed by atoms with E-state index in [9.17, 15) is 19.2 Å². The molecule has 4 atom stereocenters. The number of fused-ring (bicyclic) bond motifs is 4. The standard InChI is InChI=1S/C46H52N8O6/c1-25(2)38(51-45(57)59-5)43(55)53-19-7-9-36(53)41-47-24-35(49-41)32-14-13-28-21-27(11-12-29(28)23-32)30-15-17-33-31(22-30)16-18-34-40(33)50-42(48-34)37-10-8-20-54(37)44(56)39(26(3)4)52-46(58)60-6/h11-18,21-26,36-39H,7-10,19-20H2,1-6H3,(H,47,49)(H,48,50)(H,51,57)(H,52,58)/t36-,37-,38-,39?/m0/s1. The molecule has 4 heterocycles. The molecule has 0 spiro atoms. The normalized spacial score (nSPS) is 17.8. The van der Waals surface area contributed by atoms with Crippen LogP contribution < -0.4 is 10.6 Å². The van der Waals surface area contributed by atoms with E-state index in [1.54, 1.807) is 0 Å². The average molecular weight is 813 g/mol. The van der Waals surface area contributed by atoms with E-state index in [0.29, 0.717) is 13.1 Å². The molecule has 2 fully saturated rings. The quantitative estimate of drug-likeness (QED) is 0.108. The SMILES string of the molecule is COC(=O)NC(C(=O)N1CCC[C@H]1c1nc2ccc3cc(-c4ccc5cc(-c6cnc([C@@H]7CCCN7C(=O)[C@@H](NC(=O)OC)C(C)C)[nH]6)ccc5c4)ccc3c2[nH]1)C(C)C. The average Bonchev–Trinajstić information content (AvgIpc) is 4.09. The second kappa shape index (κ2) is 16.7. The topological polar surface area (TPSA) is 175 Å². The monoisotopic (exact) mass is 812 g/mol. The van der Waals surface area contributed by atoms with Crippen molar-refractivity contribution >= 4 is 56.6 Å². The van der Waals surface area contributed by atoms with Crippen LogP contribution in [0.1, 0.15) is 77.1 Å². The summed E-state index contributed by atoms with van der Waals surface area (Å²) in [6.45, 7) is 8.82. The summed E-state index contributed by atoms with van der Waals surface area (Å²) in [5.41, 5.74) is 5.82. The first-order valence-corrected chi connectivity index (χ1v) is 20.8. The molecule has 312 valence electrons. The lowest BCUT2D eigenvalue weighted by molar-refractivity contribution is -0.136. The van der Waals surface area contributed by atoms with Gasteiger partial charge in [-0.15, -0.1) is 0 Å². The van der Waals surface area contributed by atoms with Crippen molar-refractivity contribution in [1.82, 2.24) is 40.4 Å². The highest BCUT2D eigenvalue weighted by molar-refractivity contribution is 6.06. The zero-order valence-electron chi connectivity index (χ0n) is 34.9. The van der Waals surface area contributed by atoms with Gasteiger partial charge in [-0.25, -0.2) is 19.6 Å². The van der Waals surface area contributed by atoms with Gasteiger partial charge in [-0.2, -0.15) is 0 Å². The Bertz CT molecular complexity index is 2600. The zero-order chi connectivity index (χ0) is 42.2. The number of carbonyl (C=O) groups excluding carboxylic acids is 4. The molecule has 14 nitrogen and oxygen atoms in total. The van der Waals surface area contributed by atoms with E-state index in [1.807, 2.05) is 49.8 Å². The minimum atomic E-state index is -0.694. The van der Waals surface area contributed by atoms with Crippen LogP contribution in [0.5, 0.6) is 0 Å². The molecule has 0 aliphatic carbocycles. The van der Waals surface area contributed by atoms with Crippen LogP contribution in [0.4, 0.5) is 9.59 Å². The van der Waals surface area contributed by atoms with Crippen molar-refractivity contribution in [3.63, 3.8) is 0 Å². The number of nitrogens with one attached hydrogen (secondary N) is 4. The fourth-order valence-corrected chi connectivity index (χ4v) is 8.80. The van der Waals surface area contributed by atoms with E-state index >= 15 is 0 Å². The number of aromatic nitrogens is 4. The predicted molar refractivity (Wildman–Crippen MR) is 230 cm³/mol. The van der Waals surface area contributed by atoms with Crippen molar-refractivity contribution in [1.29, 1.82) is 0 Å². The molecule has 0 radical (unpaired) electrons. The highest BCUT2D eigenvalue weighted by Gasteiger charge is 2.39. The molecule has 2 aliphatic heterocycles. The number of amides is 4. The second-order valence-electron chi connectivity index (χ2n) is 16.6. The number of likely N-dealkylation sites (tertiary alicyclic amines) is 2. The summed E-state index contributed by atoms with van der Waals surface area (Å²) in [6, 6.07) is 21.6. The number of ether oxygens (including phenoxy) is 2. The summed E-state index contributed by atoms with van der Waals surface area (Å²) in [6.07, 6.45) is 3.83. The molecule has 60 heavy (non-hydrogen) atoms. The maximum atomic E-state index is 13.7. The minimum Gasteiger partial charge on any atom is -0.453 e. The predicted octanol–water partition coefficient (Wildman–Crippen LogP) is 8.01. The molecule has 6 aromatic rings. The van der Waals surface area contributed by atoms with Crippen LogP contribution in [-0.4, -0.2) is 93.1 Å². The van der Waals surface area contributed by atoms with Crippen LogP contribution >= 0.6 is 0 Å². The lowest BCUT2D eigenvalue weighted by atomic mass is 9.97. The van der Waals surface area contributed by atoms with Gasteiger partial charge in [0.1, 0.15) is 23.7 Å². The molecular formula is C46H52N8O6. The molecule has 2 aromatic heterocycles. The first-order valence-electron chi connectivity index (χ1n) is 20.8. The van der Waals surface area contributed by atoms with E-state index in [-0.39, 0.29) is 35.7 Å². The van der Waals surface area contributed by atoms with Gasteiger partial charge in [0.25, 0.3) is 0 Å². The third-order valence-corrected chi connectivity index (χ3v) is 12.1. The summed E-state index contributed by atoms with van der Waals surface area (Å²) >= 11 is 0. The van der Waals surface area contributed by atoms with Crippen LogP contribution in [0.15, 0.2) is 72.9 Å². The molecule has 1 unspecified atom stereocenters. The highest BCUT2D eigenvalue weighted by atomic mass is 16.5. The van der Waals surface area contributed by atoms with Crippen LogP contribution in [0.3, 0.4) is 0 Å². The Hall–Kier alpha value is -6.44. The zero-order valence-corrected chi connectivity index (χ0v) is 34.9. The van der Waals surface area contributed by atoms with E-state index in [1.165, 1.54) is 14.2 Å². The third-order valence-electron chi connectivity index (χ3n) is 12.1. The molecule has 2 saturated heterocycles. The number of alkyl carbamates (subject to hydrolysis) is 2. The highest BCUT2D eigenvalue weighted by Crippen LogP contribution is 2.37. The lowest BCUT2D eigenvalue weighted by Crippen LogP contribution is -2.51. The van der Waals surface area contributed by atoms with Crippen molar-refractivity contribution in [2.24, 2.45) is 11.8 Å². The van der Waals surface area contributed by atoms with Crippen LogP contribution in [0.2, 0.25) is 0 Å². The molecule has 4 amide bonds. The summed E-state index contributed by atoms with van der Waals surface area (Å²) < 4.78 is 9.56. The number of hydrogen-bond acceptors (Lipinski definition) is 8. The van der Waals surface area contributed by atoms with Crippen molar-refractivity contribution in [3.8, 4) is 22.4 Å². The number of carbonyl (C=O) groups is 4. The Morgan fingerprint density at radius 1 is 0.667 bits per heavy atom. The molecule has 2 aliphatic rings. The second-order valence-corrected chi connectivity index (χ2v) is 16.6. The fraction of sp³-hybridized carbons (Fsp3) is 0.391. The number of H-pyrrole nitrogens is 2. The van der Waals surface area contributed by atoms with Gasteiger partial charge in [0, 0.05) is 24.0 Å². The maximum absolute atomic E-state index is 13.7. The largest absolute Gasteiger partial charge is 0.453 e. The summed E-state index contributed by atoms with van der Waals surface area (Å²) in [4.78, 5) is 71.7. The Morgan fingerprint density at radius 2 is 1.18 bits per heavy atom. The Labute approximate surface area is 348 Å². The van der Waals surface area contributed by atoms with Gasteiger partial charge in [0.2, 0.25) is 11.8 Å². The van der Waals surface area contributed by atoms with E-state index in [2.05, 4.69) is 81.3 Å². The molecular weight excluding hydrogens is 761 g/mol. The number of nitrogens with zero attached hydrogens (tertiary/aromatic N) is 4. The summed E-state index contributed by atoms with van der Waals surface area (Å²) in [5.74, 6) is 0.983. The van der Waals surface area contributed by atoms with Crippen LogP contribution in [0, 0.1) is 11.8 Å². The summed E-state index contributed by atoms with van der Waals surface area (Å²) in [5, 5.41) is 9.74. The Kier molecular flexibility index (Phi) is 11.2. The molecule has 4 N–H and O–H groups in total. The number of rotatable bonds is 10. The van der Waals surface area contributed by atoms with Crippen molar-refractivity contribution < 1.29 is 28.7 Å². The lowest BCUT2D eigenvalue weighted by Gasteiger charge is -2.30. The Morgan fingerprint density at radius 3 is 1.77 bits per heavy atom. The molecule has 4 aromatic carbocycles. The summed E-state index contributed by atoms with van der Waals surface area (Å²) in [7, 11) is 2.59. The van der Waals surface area contributed by atoms with Gasteiger partial charge in [-0.3, -0.25) is 9.59 Å². The molecule has 0 saturated carbocycles. The van der Waals surface area contributed by atoms with Crippen molar-refractivity contribution in [2.45, 2.75) is 77.5 Å². The molecule has 14 heteroatoms. The molecule has 0 bridgehead atoms.